The van der Waals surface area contributed by atoms with E-state index < -0.39 is 17.3 Å². The SMILES string of the molecule is O=C(Cn1cnc2ccc(F)cc2c1=O)Nc1nc(-c2ccc[nH]2)cs1. The molecule has 3 aromatic heterocycles. The fourth-order valence-electron chi connectivity index (χ4n) is 2.50. The average molecular weight is 369 g/mol. The maximum absolute atomic E-state index is 13.4. The average Bonchev–Trinajstić information content (AvgIpc) is 3.29. The van der Waals surface area contributed by atoms with Gasteiger partial charge in [-0.05, 0) is 30.3 Å². The van der Waals surface area contributed by atoms with Gasteiger partial charge in [0.05, 0.1) is 28.6 Å². The van der Waals surface area contributed by atoms with Crippen LogP contribution in [0.5, 0.6) is 0 Å². The number of rotatable bonds is 4. The van der Waals surface area contributed by atoms with E-state index in [2.05, 4.69) is 20.3 Å². The molecule has 4 aromatic rings. The number of anilines is 1. The minimum absolute atomic E-state index is 0.128. The molecule has 2 N–H and O–H groups in total. The lowest BCUT2D eigenvalue weighted by molar-refractivity contribution is -0.116. The number of benzene rings is 1. The van der Waals surface area contributed by atoms with Crippen molar-refractivity contribution >= 4 is 33.3 Å². The zero-order valence-corrected chi connectivity index (χ0v) is 14.1. The fraction of sp³-hybridized carbons (Fsp3) is 0.0588. The second-order valence-corrected chi connectivity index (χ2v) is 6.37. The summed E-state index contributed by atoms with van der Waals surface area (Å²) < 4.78 is 14.5. The van der Waals surface area contributed by atoms with E-state index in [0.29, 0.717) is 10.6 Å². The van der Waals surface area contributed by atoms with E-state index in [0.717, 1.165) is 22.0 Å². The molecule has 26 heavy (non-hydrogen) atoms. The number of amides is 1. The van der Waals surface area contributed by atoms with E-state index in [1.165, 1.54) is 29.8 Å². The number of carbonyl (C=O) groups excluding carboxylic acids is 1. The zero-order valence-electron chi connectivity index (χ0n) is 13.3. The van der Waals surface area contributed by atoms with Gasteiger partial charge in [-0.1, -0.05) is 0 Å². The number of nitrogens with one attached hydrogen (secondary N) is 2. The number of nitrogens with zero attached hydrogens (tertiary/aromatic N) is 3. The van der Waals surface area contributed by atoms with E-state index in [-0.39, 0.29) is 11.9 Å². The lowest BCUT2D eigenvalue weighted by atomic mass is 10.2. The Bertz CT molecular complexity index is 1150. The van der Waals surface area contributed by atoms with Crippen molar-refractivity contribution in [3.8, 4) is 11.4 Å². The van der Waals surface area contributed by atoms with Crippen LogP contribution in [0.2, 0.25) is 0 Å². The van der Waals surface area contributed by atoms with Gasteiger partial charge in [0, 0.05) is 11.6 Å². The van der Waals surface area contributed by atoms with Crippen LogP contribution in [0.25, 0.3) is 22.3 Å². The highest BCUT2D eigenvalue weighted by Crippen LogP contribution is 2.23. The molecule has 0 fully saturated rings. The molecule has 4 rings (SSSR count). The Hall–Kier alpha value is -3.33. The van der Waals surface area contributed by atoms with Crippen LogP contribution in [0.1, 0.15) is 0 Å². The summed E-state index contributed by atoms with van der Waals surface area (Å²) in [4.78, 5) is 36.0. The van der Waals surface area contributed by atoms with Gasteiger partial charge in [-0.25, -0.2) is 14.4 Å². The van der Waals surface area contributed by atoms with Crippen molar-refractivity contribution in [3.63, 3.8) is 0 Å². The van der Waals surface area contributed by atoms with Gasteiger partial charge in [-0.2, -0.15) is 0 Å². The molecule has 0 spiro atoms. The lowest BCUT2D eigenvalue weighted by Crippen LogP contribution is -2.27. The van der Waals surface area contributed by atoms with Crippen molar-refractivity contribution in [3.05, 3.63) is 64.4 Å². The molecule has 1 amide bonds. The second kappa shape index (κ2) is 6.52. The largest absolute Gasteiger partial charge is 0.360 e. The molecule has 3 heterocycles. The van der Waals surface area contributed by atoms with Crippen molar-refractivity contribution in [1.82, 2.24) is 19.5 Å². The summed E-state index contributed by atoms with van der Waals surface area (Å²) in [7, 11) is 0. The molecule has 7 nitrogen and oxygen atoms in total. The quantitative estimate of drug-likeness (QED) is 0.578. The van der Waals surface area contributed by atoms with E-state index in [1.54, 1.807) is 6.20 Å². The minimum atomic E-state index is -0.529. The number of carbonyl (C=O) groups is 1. The number of hydrogen-bond donors (Lipinski definition) is 2. The van der Waals surface area contributed by atoms with Gasteiger partial charge in [0.2, 0.25) is 5.91 Å². The van der Waals surface area contributed by atoms with Crippen molar-refractivity contribution < 1.29 is 9.18 Å². The predicted molar refractivity (Wildman–Crippen MR) is 96.5 cm³/mol. The second-order valence-electron chi connectivity index (χ2n) is 5.51. The molecule has 0 aliphatic rings. The Morgan fingerprint density at radius 1 is 1.35 bits per heavy atom. The number of aromatic amines is 1. The highest BCUT2D eigenvalue weighted by Gasteiger charge is 2.11. The van der Waals surface area contributed by atoms with Crippen LogP contribution in [0.4, 0.5) is 9.52 Å². The Morgan fingerprint density at radius 2 is 2.23 bits per heavy atom. The first-order chi connectivity index (χ1) is 12.6. The molecule has 0 aliphatic carbocycles. The summed E-state index contributed by atoms with van der Waals surface area (Å²) in [5, 5.41) is 5.02. The van der Waals surface area contributed by atoms with Gasteiger partial charge in [0.1, 0.15) is 12.4 Å². The molecule has 0 radical (unpaired) electrons. The molecule has 0 unspecified atom stereocenters. The Kier molecular flexibility index (Phi) is 4.05. The molecule has 0 atom stereocenters. The van der Waals surface area contributed by atoms with Crippen molar-refractivity contribution in [2.75, 3.05) is 5.32 Å². The summed E-state index contributed by atoms with van der Waals surface area (Å²) in [6.45, 7) is -0.240. The zero-order chi connectivity index (χ0) is 18.1. The van der Waals surface area contributed by atoms with Crippen molar-refractivity contribution in [1.29, 1.82) is 0 Å². The van der Waals surface area contributed by atoms with Gasteiger partial charge in [-0.15, -0.1) is 11.3 Å². The Morgan fingerprint density at radius 3 is 3.04 bits per heavy atom. The smallest absolute Gasteiger partial charge is 0.261 e. The minimum Gasteiger partial charge on any atom is -0.360 e. The first kappa shape index (κ1) is 16.2. The molecule has 0 aliphatic heterocycles. The predicted octanol–water partition coefficient (Wildman–Crippen LogP) is 2.63. The van der Waals surface area contributed by atoms with Gasteiger partial charge in [0.15, 0.2) is 5.13 Å². The number of fused-ring (bicyclic) bond motifs is 1. The molecular formula is C17H12FN5O2S. The standard InChI is InChI=1S/C17H12FN5O2S/c18-10-3-4-12-11(6-10)16(25)23(9-20-12)7-15(24)22-17-21-14(8-26-17)13-2-1-5-19-13/h1-6,8-9,19H,7H2,(H,21,22,24). The van der Waals surface area contributed by atoms with Crippen molar-refractivity contribution in [2.45, 2.75) is 6.54 Å². The molecule has 0 saturated heterocycles. The monoisotopic (exact) mass is 369 g/mol. The van der Waals surface area contributed by atoms with E-state index in [4.69, 9.17) is 0 Å². The summed E-state index contributed by atoms with van der Waals surface area (Å²) >= 11 is 1.28. The van der Waals surface area contributed by atoms with Crippen LogP contribution in [0.15, 0.2) is 53.0 Å². The normalized spacial score (nSPS) is 11.0. The van der Waals surface area contributed by atoms with Gasteiger partial charge >= 0.3 is 0 Å². The van der Waals surface area contributed by atoms with Gasteiger partial charge < -0.3 is 10.3 Å². The molecule has 0 saturated carbocycles. The van der Waals surface area contributed by atoms with Crippen LogP contribution >= 0.6 is 11.3 Å². The Balaban J connectivity index is 1.52. The number of thiazole rings is 1. The third kappa shape index (κ3) is 3.11. The molecule has 9 heteroatoms. The highest BCUT2D eigenvalue weighted by molar-refractivity contribution is 7.14. The first-order valence-corrected chi connectivity index (χ1v) is 8.52. The summed E-state index contributed by atoms with van der Waals surface area (Å²) in [5.74, 6) is -0.949. The van der Waals surface area contributed by atoms with Crippen LogP contribution in [0.3, 0.4) is 0 Å². The molecule has 1 aromatic carbocycles. The third-order valence-corrected chi connectivity index (χ3v) is 4.48. The van der Waals surface area contributed by atoms with Gasteiger partial charge in [0.25, 0.3) is 5.56 Å². The summed E-state index contributed by atoms with van der Waals surface area (Å²) in [6, 6.07) is 7.50. The maximum Gasteiger partial charge on any atom is 0.261 e. The summed E-state index contributed by atoms with van der Waals surface area (Å²) in [6.07, 6.45) is 3.06. The van der Waals surface area contributed by atoms with Crippen LogP contribution < -0.4 is 10.9 Å². The van der Waals surface area contributed by atoms with E-state index in [1.807, 2.05) is 17.5 Å². The van der Waals surface area contributed by atoms with Crippen molar-refractivity contribution in [2.24, 2.45) is 0 Å². The van der Waals surface area contributed by atoms with Crippen LogP contribution in [-0.2, 0) is 11.3 Å². The van der Waals surface area contributed by atoms with Crippen LogP contribution in [-0.4, -0.2) is 25.4 Å². The number of halogens is 1. The number of hydrogen-bond acceptors (Lipinski definition) is 5. The maximum atomic E-state index is 13.4. The van der Waals surface area contributed by atoms with Gasteiger partial charge in [-0.3, -0.25) is 14.2 Å². The molecular weight excluding hydrogens is 357 g/mol. The number of H-pyrrole nitrogens is 1. The summed E-state index contributed by atoms with van der Waals surface area (Å²) in [5.41, 5.74) is 1.47. The van der Waals surface area contributed by atoms with E-state index >= 15 is 0 Å². The number of aromatic nitrogens is 4. The fourth-order valence-corrected chi connectivity index (χ4v) is 3.23. The highest BCUT2D eigenvalue weighted by atomic mass is 32.1. The molecule has 130 valence electrons. The third-order valence-electron chi connectivity index (χ3n) is 3.72. The first-order valence-electron chi connectivity index (χ1n) is 7.64. The van der Waals surface area contributed by atoms with E-state index in [9.17, 15) is 14.0 Å². The lowest BCUT2D eigenvalue weighted by Gasteiger charge is -2.06. The van der Waals surface area contributed by atoms with Crippen LogP contribution in [0, 0.1) is 5.82 Å². The topological polar surface area (TPSA) is 92.7 Å². The Labute approximate surface area is 150 Å². The molecule has 0 bridgehead atoms.